The first kappa shape index (κ1) is 20.3. The van der Waals surface area contributed by atoms with E-state index in [-0.39, 0.29) is 0 Å². The summed E-state index contributed by atoms with van der Waals surface area (Å²) < 4.78 is 28.0. The summed E-state index contributed by atoms with van der Waals surface area (Å²) >= 11 is 0. The van der Waals surface area contributed by atoms with Crippen molar-refractivity contribution in [3.8, 4) is 0 Å². The molecule has 0 saturated carbocycles. The monoisotopic (exact) mass is 414 g/mol. The van der Waals surface area contributed by atoms with Gasteiger partial charge in [0, 0.05) is 38.3 Å². The van der Waals surface area contributed by atoms with Gasteiger partial charge < -0.3 is 4.90 Å². The Morgan fingerprint density at radius 2 is 1.59 bits per heavy atom. The summed E-state index contributed by atoms with van der Waals surface area (Å²) in [6.45, 7) is 9.17. The second-order valence-electron chi connectivity index (χ2n) is 8.36. The number of benzene rings is 1. The average molecular weight is 415 g/mol. The van der Waals surface area contributed by atoms with E-state index in [1.165, 1.54) is 12.8 Å². The molecule has 0 spiro atoms. The highest BCUT2D eigenvalue weighted by molar-refractivity contribution is 7.89. The van der Waals surface area contributed by atoms with Crippen LogP contribution in [0.15, 0.2) is 29.2 Å². The normalized spacial score (nSPS) is 18.1. The lowest BCUT2D eigenvalue weighted by atomic mass is 10.0. The molecule has 0 amide bonds. The van der Waals surface area contributed by atoms with Gasteiger partial charge in [-0.15, -0.1) is 0 Å². The Morgan fingerprint density at radius 3 is 2.24 bits per heavy atom. The Balaban J connectivity index is 1.56. The van der Waals surface area contributed by atoms with Crippen molar-refractivity contribution < 1.29 is 8.42 Å². The average Bonchev–Trinajstić information content (AvgIpc) is 3.14. The van der Waals surface area contributed by atoms with E-state index in [0.29, 0.717) is 36.7 Å². The highest BCUT2D eigenvalue weighted by Crippen LogP contribution is 2.26. The summed E-state index contributed by atoms with van der Waals surface area (Å²) in [6, 6.07) is 7.31. The van der Waals surface area contributed by atoms with Gasteiger partial charge in [0.05, 0.1) is 10.6 Å². The smallest absolute Gasteiger partial charge is 0.243 e. The minimum Gasteiger partial charge on any atom is -0.341 e. The molecule has 0 atom stereocenters. The lowest BCUT2D eigenvalue weighted by Gasteiger charge is -2.20. The molecule has 156 valence electrons. The third-order valence-corrected chi connectivity index (χ3v) is 7.98. The molecule has 7 heteroatoms. The lowest BCUT2D eigenvalue weighted by Crippen LogP contribution is -2.33. The third-order valence-electron chi connectivity index (χ3n) is 6.07. The first-order valence-corrected chi connectivity index (χ1v) is 12.0. The van der Waals surface area contributed by atoms with Crippen molar-refractivity contribution in [1.82, 2.24) is 14.3 Å². The van der Waals surface area contributed by atoms with Crippen LogP contribution in [0.5, 0.6) is 0 Å². The van der Waals surface area contributed by atoms with Crippen LogP contribution in [0.25, 0.3) is 0 Å². The van der Waals surface area contributed by atoms with Crippen LogP contribution in [0.1, 0.15) is 55.1 Å². The van der Waals surface area contributed by atoms with Gasteiger partial charge in [-0.05, 0) is 55.4 Å². The maximum absolute atomic E-state index is 13.2. The molecule has 2 aliphatic heterocycles. The topological polar surface area (TPSA) is 66.4 Å². The zero-order valence-corrected chi connectivity index (χ0v) is 18.4. The maximum atomic E-state index is 13.2. The minimum absolute atomic E-state index is 0.369. The first-order chi connectivity index (χ1) is 13.9. The van der Waals surface area contributed by atoms with Crippen LogP contribution in [0.4, 0.5) is 5.95 Å². The molecule has 0 radical (unpaired) electrons. The molecule has 2 aliphatic rings. The van der Waals surface area contributed by atoms with Crippen molar-refractivity contribution in [2.24, 2.45) is 0 Å². The fourth-order valence-corrected chi connectivity index (χ4v) is 5.66. The van der Waals surface area contributed by atoms with E-state index in [1.807, 2.05) is 19.1 Å². The van der Waals surface area contributed by atoms with Gasteiger partial charge in [-0.25, -0.2) is 18.4 Å². The molecule has 4 rings (SSSR count). The molecule has 0 aliphatic carbocycles. The Morgan fingerprint density at radius 1 is 0.931 bits per heavy atom. The molecule has 0 bridgehead atoms. The van der Waals surface area contributed by atoms with Crippen LogP contribution in [0.3, 0.4) is 0 Å². The van der Waals surface area contributed by atoms with Crippen molar-refractivity contribution in [2.45, 2.75) is 57.3 Å². The molecule has 1 aromatic carbocycles. The number of hydrogen-bond donors (Lipinski definition) is 0. The Bertz CT molecular complexity index is 981. The zero-order chi connectivity index (χ0) is 20.6. The van der Waals surface area contributed by atoms with E-state index in [0.717, 1.165) is 41.6 Å². The number of hydrogen-bond acceptors (Lipinski definition) is 5. The van der Waals surface area contributed by atoms with E-state index < -0.39 is 10.0 Å². The zero-order valence-electron chi connectivity index (χ0n) is 17.6. The van der Waals surface area contributed by atoms with Gasteiger partial charge in [0.2, 0.25) is 16.0 Å². The molecule has 0 N–H and O–H groups in total. The number of fused-ring (bicyclic) bond motifs is 1. The second kappa shape index (κ2) is 8.03. The summed E-state index contributed by atoms with van der Waals surface area (Å²) in [7, 11) is -3.51. The molecular weight excluding hydrogens is 384 g/mol. The van der Waals surface area contributed by atoms with Crippen molar-refractivity contribution in [2.75, 3.05) is 31.1 Å². The van der Waals surface area contributed by atoms with Gasteiger partial charge in [0.15, 0.2) is 0 Å². The number of anilines is 1. The lowest BCUT2D eigenvalue weighted by molar-refractivity contribution is 0.426. The predicted molar refractivity (Wildman–Crippen MR) is 115 cm³/mol. The van der Waals surface area contributed by atoms with Gasteiger partial charge in [-0.2, -0.15) is 4.31 Å². The Kier molecular flexibility index (Phi) is 5.62. The van der Waals surface area contributed by atoms with Gasteiger partial charge >= 0.3 is 0 Å². The van der Waals surface area contributed by atoms with Crippen LogP contribution >= 0.6 is 0 Å². The van der Waals surface area contributed by atoms with E-state index in [4.69, 9.17) is 9.97 Å². The Labute approximate surface area is 174 Å². The number of sulfonamides is 1. The number of rotatable bonds is 4. The van der Waals surface area contributed by atoms with E-state index in [2.05, 4.69) is 18.7 Å². The summed E-state index contributed by atoms with van der Waals surface area (Å²) in [5.74, 6) is 1.19. The van der Waals surface area contributed by atoms with Gasteiger partial charge in [0.1, 0.15) is 0 Å². The van der Waals surface area contributed by atoms with E-state index >= 15 is 0 Å². The molecule has 6 nitrogen and oxygen atoms in total. The summed E-state index contributed by atoms with van der Waals surface area (Å²) in [4.78, 5) is 12.2. The number of aromatic nitrogens is 2. The Hall–Kier alpha value is -1.99. The van der Waals surface area contributed by atoms with Crippen LogP contribution < -0.4 is 4.90 Å². The third kappa shape index (κ3) is 4.03. The fraction of sp³-hybridized carbons (Fsp3) is 0.545. The van der Waals surface area contributed by atoms with E-state index in [1.54, 1.807) is 16.4 Å². The first-order valence-electron chi connectivity index (χ1n) is 10.6. The van der Waals surface area contributed by atoms with Crippen LogP contribution in [-0.2, 0) is 22.9 Å². The standard InChI is InChI=1S/C22H30N4O2S/c1-16(2)18-6-8-19(9-7-18)29(27,28)26-14-10-20-17(3)23-22(24-21(20)11-15-26)25-12-4-5-13-25/h6-9,16H,4-5,10-15H2,1-3H3. The van der Waals surface area contributed by atoms with Crippen LogP contribution in [0, 0.1) is 6.92 Å². The van der Waals surface area contributed by atoms with Gasteiger partial charge in [0.25, 0.3) is 0 Å². The fourth-order valence-electron chi connectivity index (χ4n) is 4.22. The molecule has 3 heterocycles. The molecule has 0 unspecified atom stereocenters. The highest BCUT2D eigenvalue weighted by atomic mass is 32.2. The minimum atomic E-state index is -3.51. The molecule has 2 aromatic rings. The molecule has 1 fully saturated rings. The summed E-state index contributed by atoms with van der Waals surface area (Å²) in [5.41, 5.74) is 4.25. The molecule has 1 saturated heterocycles. The van der Waals surface area contributed by atoms with Crippen molar-refractivity contribution >= 4 is 16.0 Å². The number of nitrogens with zero attached hydrogens (tertiary/aromatic N) is 4. The summed E-state index contributed by atoms with van der Waals surface area (Å²) in [5, 5.41) is 0. The van der Waals surface area contributed by atoms with Gasteiger partial charge in [-0.3, -0.25) is 0 Å². The van der Waals surface area contributed by atoms with Crippen molar-refractivity contribution in [3.05, 3.63) is 46.8 Å². The number of aryl methyl sites for hydroxylation is 1. The van der Waals surface area contributed by atoms with Crippen LogP contribution in [0.2, 0.25) is 0 Å². The molecule has 29 heavy (non-hydrogen) atoms. The van der Waals surface area contributed by atoms with Crippen LogP contribution in [-0.4, -0.2) is 48.9 Å². The largest absolute Gasteiger partial charge is 0.341 e. The molecule has 1 aromatic heterocycles. The van der Waals surface area contributed by atoms with Crippen molar-refractivity contribution in [3.63, 3.8) is 0 Å². The van der Waals surface area contributed by atoms with Gasteiger partial charge in [-0.1, -0.05) is 26.0 Å². The molecular formula is C22H30N4O2S. The van der Waals surface area contributed by atoms with E-state index in [9.17, 15) is 8.42 Å². The predicted octanol–water partition coefficient (Wildman–Crippen LogP) is 3.30. The highest BCUT2D eigenvalue weighted by Gasteiger charge is 2.28. The second-order valence-corrected chi connectivity index (χ2v) is 10.3. The SMILES string of the molecule is Cc1nc(N2CCCC2)nc2c1CCN(S(=O)(=O)c1ccc(C(C)C)cc1)CC2. The van der Waals surface area contributed by atoms with Crippen molar-refractivity contribution in [1.29, 1.82) is 0 Å². The quantitative estimate of drug-likeness (QED) is 0.768. The maximum Gasteiger partial charge on any atom is 0.243 e. The summed E-state index contributed by atoms with van der Waals surface area (Å²) in [6.07, 6.45) is 3.65.